The number of rotatable bonds is 3. The number of aliphatic carboxylic acids is 2. The topological polar surface area (TPSA) is 83.8 Å². The molecular formula is C5H6O5. The van der Waals surface area contributed by atoms with Crippen molar-refractivity contribution in [1.29, 1.82) is 0 Å². The zero-order valence-electron chi connectivity index (χ0n) is 5.20. The molecule has 0 spiro atoms. The first-order valence-corrected chi connectivity index (χ1v) is 2.30. The molecule has 10 heavy (non-hydrogen) atoms. The van der Waals surface area contributed by atoms with Crippen molar-refractivity contribution < 1.29 is 24.5 Å². The Bertz CT molecular complexity index is 180. The lowest BCUT2D eigenvalue weighted by Crippen LogP contribution is -2.05. The Balaban J connectivity index is 4.34. The molecule has 0 fully saturated rings. The Morgan fingerprint density at radius 2 is 1.90 bits per heavy atom. The second-order valence-corrected chi connectivity index (χ2v) is 1.36. The molecule has 0 saturated heterocycles. The van der Waals surface area contributed by atoms with Crippen molar-refractivity contribution in [2.45, 2.75) is 0 Å². The lowest BCUT2D eigenvalue weighted by molar-refractivity contribution is -0.138. The summed E-state index contributed by atoms with van der Waals surface area (Å²) in [5, 5.41) is 16.2. The van der Waals surface area contributed by atoms with Gasteiger partial charge in [0.25, 0.3) is 0 Å². The van der Waals surface area contributed by atoms with Crippen LogP contribution in [0.5, 0.6) is 0 Å². The SMILES string of the molecule is COC(=CC(=O)O)C(=O)O. The van der Waals surface area contributed by atoms with E-state index in [1.54, 1.807) is 0 Å². The van der Waals surface area contributed by atoms with Crippen LogP contribution in [-0.4, -0.2) is 29.3 Å². The van der Waals surface area contributed by atoms with E-state index in [-0.39, 0.29) is 0 Å². The minimum absolute atomic E-state index is 0.475. The molecule has 0 saturated carbocycles. The lowest BCUT2D eigenvalue weighted by Gasteiger charge is -1.95. The van der Waals surface area contributed by atoms with Crippen molar-refractivity contribution in [3.8, 4) is 0 Å². The molecule has 0 aliphatic rings. The smallest absolute Gasteiger partial charge is 0.371 e. The second-order valence-electron chi connectivity index (χ2n) is 1.36. The van der Waals surface area contributed by atoms with Gasteiger partial charge in [0.2, 0.25) is 5.76 Å². The van der Waals surface area contributed by atoms with Crippen molar-refractivity contribution in [2.24, 2.45) is 0 Å². The monoisotopic (exact) mass is 146 g/mol. The van der Waals surface area contributed by atoms with E-state index in [1.807, 2.05) is 0 Å². The predicted octanol–water partition coefficient (Wildman–Crippen LogP) is -0.314. The fourth-order valence-electron chi connectivity index (χ4n) is 0.320. The molecule has 0 aromatic rings. The number of carboxylic acid groups (broad SMARTS) is 2. The van der Waals surface area contributed by atoms with Gasteiger partial charge in [-0.05, 0) is 0 Å². The minimum atomic E-state index is -1.40. The molecule has 0 aliphatic carbocycles. The third kappa shape index (κ3) is 2.71. The van der Waals surface area contributed by atoms with Crippen LogP contribution in [-0.2, 0) is 14.3 Å². The molecule has 0 unspecified atom stereocenters. The van der Waals surface area contributed by atoms with Crippen LogP contribution in [0.2, 0.25) is 0 Å². The molecule has 0 aromatic heterocycles. The number of carbonyl (C=O) groups is 2. The first-order chi connectivity index (χ1) is 4.57. The van der Waals surface area contributed by atoms with Crippen LogP contribution < -0.4 is 0 Å². The summed E-state index contributed by atoms with van der Waals surface area (Å²) in [4.78, 5) is 19.9. The van der Waals surface area contributed by atoms with Crippen molar-refractivity contribution >= 4 is 11.9 Å². The molecule has 0 rings (SSSR count). The molecule has 0 bridgehead atoms. The largest absolute Gasteiger partial charge is 0.490 e. The summed E-state index contributed by atoms with van der Waals surface area (Å²) >= 11 is 0. The molecule has 0 aliphatic heterocycles. The maximum Gasteiger partial charge on any atom is 0.371 e. The van der Waals surface area contributed by atoms with Gasteiger partial charge >= 0.3 is 11.9 Å². The van der Waals surface area contributed by atoms with Crippen LogP contribution in [0.25, 0.3) is 0 Å². The quantitative estimate of drug-likeness (QED) is 0.421. The highest BCUT2D eigenvalue weighted by Gasteiger charge is 2.07. The van der Waals surface area contributed by atoms with Crippen molar-refractivity contribution in [3.63, 3.8) is 0 Å². The minimum Gasteiger partial charge on any atom is -0.490 e. The zero-order chi connectivity index (χ0) is 8.15. The van der Waals surface area contributed by atoms with Crippen LogP contribution in [0.4, 0.5) is 0 Å². The molecule has 5 heteroatoms. The third-order valence-corrected chi connectivity index (χ3v) is 0.685. The Kier molecular flexibility index (Phi) is 2.96. The zero-order valence-corrected chi connectivity index (χ0v) is 5.20. The molecule has 56 valence electrons. The molecule has 0 radical (unpaired) electrons. The lowest BCUT2D eigenvalue weighted by atomic mass is 10.4. The average Bonchev–Trinajstić information content (AvgIpc) is 1.81. The van der Waals surface area contributed by atoms with Crippen molar-refractivity contribution in [2.75, 3.05) is 7.11 Å². The summed E-state index contributed by atoms with van der Waals surface area (Å²) in [5.41, 5.74) is 0. The van der Waals surface area contributed by atoms with Gasteiger partial charge < -0.3 is 14.9 Å². The van der Waals surface area contributed by atoms with Gasteiger partial charge in [-0.3, -0.25) is 0 Å². The Labute approximate surface area is 56.5 Å². The van der Waals surface area contributed by atoms with Gasteiger partial charge in [-0.1, -0.05) is 0 Å². The molecule has 5 nitrogen and oxygen atoms in total. The van der Waals surface area contributed by atoms with Crippen molar-refractivity contribution in [3.05, 3.63) is 11.8 Å². The van der Waals surface area contributed by atoms with E-state index in [1.165, 1.54) is 0 Å². The summed E-state index contributed by atoms with van der Waals surface area (Å²) in [6.07, 6.45) is 0.475. The van der Waals surface area contributed by atoms with Crippen LogP contribution in [0, 0.1) is 0 Å². The van der Waals surface area contributed by atoms with Gasteiger partial charge in [0, 0.05) is 0 Å². The Morgan fingerprint density at radius 1 is 1.40 bits per heavy atom. The summed E-state index contributed by atoms with van der Waals surface area (Å²) in [6.45, 7) is 0. The van der Waals surface area contributed by atoms with E-state index in [4.69, 9.17) is 10.2 Å². The maximum absolute atomic E-state index is 10.0. The van der Waals surface area contributed by atoms with E-state index in [0.29, 0.717) is 6.08 Å². The highest BCUT2D eigenvalue weighted by Crippen LogP contribution is 1.93. The fraction of sp³-hybridized carbons (Fsp3) is 0.200. The molecule has 2 N–H and O–H groups in total. The van der Waals surface area contributed by atoms with Gasteiger partial charge in [-0.2, -0.15) is 0 Å². The normalized spacial score (nSPS) is 10.7. The highest BCUT2D eigenvalue weighted by atomic mass is 16.5. The highest BCUT2D eigenvalue weighted by molar-refractivity contribution is 5.92. The van der Waals surface area contributed by atoms with Gasteiger partial charge in [0.15, 0.2) is 0 Å². The molecular weight excluding hydrogens is 140 g/mol. The van der Waals surface area contributed by atoms with Crippen molar-refractivity contribution in [1.82, 2.24) is 0 Å². The van der Waals surface area contributed by atoms with E-state index in [0.717, 1.165) is 7.11 Å². The number of carboxylic acids is 2. The van der Waals surface area contributed by atoms with E-state index < -0.39 is 17.7 Å². The standard InChI is InChI=1S/C5H6O5/c1-10-3(5(8)9)2-4(6)7/h2H,1H3,(H,6,7)(H,8,9). The predicted molar refractivity (Wildman–Crippen MR) is 30.4 cm³/mol. The number of ether oxygens (including phenoxy) is 1. The van der Waals surface area contributed by atoms with Gasteiger partial charge in [0.1, 0.15) is 0 Å². The van der Waals surface area contributed by atoms with Crippen LogP contribution in [0.1, 0.15) is 0 Å². The summed E-state index contributed by atoms with van der Waals surface area (Å²) in [5.74, 6) is -3.34. The van der Waals surface area contributed by atoms with Crippen LogP contribution in [0.15, 0.2) is 11.8 Å². The third-order valence-electron chi connectivity index (χ3n) is 0.685. The van der Waals surface area contributed by atoms with E-state index in [2.05, 4.69) is 4.74 Å². The van der Waals surface area contributed by atoms with E-state index in [9.17, 15) is 9.59 Å². The van der Waals surface area contributed by atoms with Gasteiger partial charge in [-0.25, -0.2) is 9.59 Å². The van der Waals surface area contributed by atoms with Gasteiger partial charge in [0.05, 0.1) is 13.2 Å². The molecule has 0 heterocycles. The first-order valence-electron chi connectivity index (χ1n) is 2.30. The Morgan fingerprint density at radius 3 is 2.00 bits per heavy atom. The number of hydrogen-bond donors (Lipinski definition) is 2. The molecule has 0 amide bonds. The summed E-state index contributed by atoms with van der Waals surface area (Å²) in [7, 11) is 1.09. The summed E-state index contributed by atoms with van der Waals surface area (Å²) < 4.78 is 4.20. The van der Waals surface area contributed by atoms with Crippen LogP contribution >= 0.6 is 0 Å². The Hall–Kier alpha value is -1.52. The maximum atomic E-state index is 10.0. The van der Waals surface area contributed by atoms with Crippen LogP contribution in [0.3, 0.4) is 0 Å². The fourth-order valence-corrected chi connectivity index (χ4v) is 0.320. The van der Waals surface area contributed by atoms with E-state index >= 15 is 0 Å². The number of hydrogen-bond acceptors (Lipinski definition) is 3. The average molecular weight is 146 g/mol. The molecule has 0 aromatic carbocycles. The second kappa shape index (κ2) is 3.49. The first kappa shape index (κ1) is 8.48. The molecule has 0 atom stereocenters. The van der Waals surface area contributed by atoms with Gasteiger partial charge in [-0.15, -0.1) is 0 Å². The summed E-state index contributed by atoms with van der Waals surface area (Å²) in [6, 6.07) is 0. The number of methoxy groups -OCH3 is 1.